The fourth-order valence-corrected chi connectivity index (χ4v) is 3.95. The quantitative estimate of drug-likeness (QED) is 0.377. The maximum atomic E-state index is 10.5. The molecule has 0 aromatic carbocycles. The first kappa shape index (κ1) is 21.5. The van der Waals surface area contributed by atoms with Crippen LogP contribution in [0.15, 0.2) is 11.6 Å². The lowest BCUT2D eigenvalue weighted by Gasteiger charge is -2.16. The van der Waals surface area contributed by atoms with Crippen LogP contribution in [0.25, 0.3) is 0 Å². The molecule has 2 fully saturated rings. The highest BCUT2D eigenvalue weighted by Gasteiger charge is 2.45. The SMILES string of the molecule is CCC#CC[C@H](C)[C@H](O)C#C[C@@H]1[C@H]2C/C(=C\COCC(=O)O)C[C@H]2C[C@H]1O. The zero-order valence-electron chi connectivity index (χ0n) is 16.1. The number of rotatable bonds is 6. The highest BCUT2D eigenvalue weighted by atomic mass is 16.5. The normalized spacial score (nSPS) is 30.0. The maximum Gasteiger partial charge on any atom is 0.329 e. The van der Waals surface area contributed by atoms with Gasteiger partial charge in [0.25, 0.3) is 0 Å². The average molecular weight is 374 g/mol. The van der Waals surface area contributed by atoms with Crippen LogP contribution < -0.4 is 0 Å². The summed E-state index contributed by atoms with van der Waals surface area (Å²) in [5.74, 6) is 11.7. The second-order valence-electron chi connectivity index (χ2n) is 7.55. The van der Waals surface area contributed by atoms with E-state index in [1.165, 1.54) is 5.57 Å². The van der Waals surface area contributed by atoms with Gasteiger partial charge in [-0.2, -0.15) is 0 Å². The molecule has 0 heterocycles. The molecule has 0 aromatic heterocycles. The number of aliphatic hydroxyl groups is 2. The van der Waals surface area contributed by atoms with Crippen LogP contribution in [-0.4, -0.2) is 46.7 Å². The van der Waals surface area contributed by atoms with Crippen LogP contribution in [0.5, 0.6) is 0 Å². The zero-order valence-corrected chi connectivity index (χ0v) is 16.1. The number of carboxylic acids is 1. The topological polar surface area (TPSA) is 87.0 Å². The van der Waals surface area contributed by atoms with Gasteiger partial charge in [-0.25, -0.2) is 4.79 Å². The molecule has 0 amide bonds. The monoisotopic (exact) mass is 374 g/mol. The first-order valence-electron chi connectivity index (χ1n) is 9.72. The molecule has 0 radical (unpaired) electrons. The molecule has 5 nitrogen and oxygen atoms in total. The largest absolute Gasteiger partial charge is 0.480 e. The third-order valence-electron chi connectivity index (χ3n) is 5.43. The Bertz CT molecular complexity index is 660. The smallest absolute Gasteiger partial charge is 0.329 e. The molecular weight excluding hydrogens is 344 g/mol. The third-order valence-corrected chi connectivity index (χ3v) is 5.43. The second kappa shape index (κ2) is 10.5. The summed E-state index contributed by atoms with van der Waals surface area (Å²) in [6, 6.07) is 0. The molecule has 6 atom stereocenters. The predicted molar refractivity (Wildman–Crippen MR) is 102 cm³/mol. The maximum absolute atomic E-state index is 10.5. The molecule has 0 bridgehead atoms. The van der Waals surface area contributed by atoms with Crippen molar-refractivity contribution in [3.63, 3.8) is 0 Å². The van der Waals surface area contributed by atoms with E-state index in [0.29, 0.717) is 24.9 Å². The lowest BCUT2D eigenvalue weighted by molar-refractivity contribution is -0.141. The molecule has 3 N–H and O–H groups in total. The van der Waals surface area contributed by atoms with Crippen LogP contribution in [0.4, 0.5) is 0 Å². The summed E-state index contributed by atoms with van der Waals surface area (Å²) < 4.78 is 5.08. The lowest BCUT2D eigenvalue weighted by atomic mass is 9.91. The Morgan fingerprint density at radius 2 is 2.15 bits per heavy atom. The molecule has 0 aromatic rings. The number of carbonyl (C=O) groups is 1. The van der Waals surface area contributed by atoms with Crippen LogP contribution in [0.1, 0.15) is 46.0 Å². The summed E-state index contributed by atoms with van der Waals surface area (Å²) in [5.41, 5.74) is 1.25. The van der Waals surface area contributed by atoms with Crippen molar-refractivity contribution in [2.24, 2.45) is 23.7 Å². The van der Waals surface area contributed by atoms with E-state index in [4.69, 9.17) is 9.84 Å². The zero-order chi connectivity index (χ0) is 19.8. The standard InChI is InChI=1S/C22H30O5/c1-3-4-5-6-15(2)20(23)8-7-18-19-12-16(9-10-27-14-22(25)26)11-17(19)13-21(18)24/h9,15,17-21,23-24H,3,6,10-14H2,1-2H3,(H,25,26)/b16-9-/t15-,17-,18+,19-,20+,21+/m0/s1. The Kier molecular flexibility index (Phi) is 8.38. The van der Waals surface area contributed by atoms with Crippen LogP contribution in [0, 0.1) is 47.4 Å². The number of aliphatic carboxylic acids is 1. The summed E-state index contributed by atoms with van der Waals surface area (Å²) >= 11 is 0. The van der Waals surface area contributed by atoms with Crippen molar-refractivity contribution < 1.29 is 24.9 Å². The summed E-state index contributed by atoms with van der Waals surface area (Å²) in [4.78, 5) is 10.5. The number of allylic oxidation sites excluding steroid dienone is 1. The minimum Gasteiger partial charge on any atom is -0.480 e. The van der Waals surface area contributed by atoms with E-state index in [1.54, 1.807) is 0 Å². The Balaban J connectivity index is 1.91. The van der Waals surface area contributed by atoms with Crippen LogP contribution in [-0.2, 0) is 9.53 Å². The van der Waals surface area contributed by atoms with Gasteiger partial charge in [-0.05, 0) is 31.1 Å². The van der Waals surface area contributed by atoms with Crippen molar-refractivity contribution in [2.75, 3.05) is 13.2 Å². The molecule has 0 unspecified atom stereocenters. The summed E-state index contributed by atoms with van der Waals surface area (Å²) in [6.07, 6.45) is 4.69. The molecule has 27 heavy (non-hydrogen) atoms. The Hall–Kier alpha value is -1.79. The van der Waals surface area contributed by atoms with Gasteiger partial charge in [0.15, 0.2) is 0 Å². The predicted octanol–water partition coefficient (Wildman–Crippen LogP) is 2.22. The van der Waals surface area contributed by atoms with Crippen molar-refractivity contribution in [2.45, 2.75) is 58.2 Å². The van der Waals surface area contributed by atoms with Crippen LogP contribution in [0.3, 0.4) is 0 Å². The number of hydrogen-bond acceptors (Lipinski definition) is 4. The Morgan fingerprint density at radius 3 is 2.85 bits per heavy atom. The number of fused-ring (bicyclic) bond motifs is 1. The summed E-state index contributed by atoms with van der Waals surface area (Å²) in [6.45, 7) is 3.94. The first-order chi connectivity index (χ1) is 12.9. The fourth-order valence-electron chi connectivity index (χ4n) is 3.95. The van der Waals surface area contributed by atoms with E-state index in [0.717, 1.165) is 25.7 Å². The van der Waals surface area contributed by atoms with Crippen molar-refractivity contribution >= 4 is 5.97 Å². The van der Waals surface area contributed by atoms with Gasteiger partial charge >= 0.3 is 5.97 Å². The summed E-state index contributed by atoms with van der Waals surface area (Å²) in [5, 5.41) is 29.2. The minimum atomic E-state index is -0.969. The van der Waals surface area contributed by atoms with Gasteiger partial charge < -0.3 is 20.1 Å². The molecule has 2 rings (SSSR count). The fraction of sp³-hybridized carbons (Fsp3) is 0.682. The van der Waals surface area contributed by atoms with Gasteiger partial charge in [-0.1, -0.05) is 37.3 Å². The molecule has 0 aliphatic heterocycles. The lowest BCUT2D eigenvalue weighted by Crippen LogP contribution is -2.19. The number of hydrogen-bond donors (Lipinski definition) is 3. The van der Waals surface area contributed by atoms with E-state index in [1.807, 2.05) is 19.9 Å². The molecule has 148 valence electrons. The van der Waals surface area contributed by atoms with Gasteiger partial charge in [0.2, 0.25) is 0 Å². The number of carboxylic acid groups (broad SMARTS) is 1. The first-order valence-corrected chi connectivity index (χ1v) is 9.72. The van der Waals surface area contributed by atoms with E-state index in [-0.39, 0.29) is 18.4 Å². The second-order valence-corrected chi connectivity index (χ2v) is 7.55. The molecule has 0 saturated heterocycles. The van der Waals surface area contributed by atoms with Gasteiger partial charge in [0, 0.05) is 24.7 Å². The molecule has 2 aliphatic carbocycles. The van der Waals surface area contributed by atoms with Crippen molar-refractivity contribution in [1.29, 1.82) is 0 Å². The van der Waals surface area contributed by atoms with E-state index >= 15 is 0 Å². The Morgan fingerprint density at radius 1 is 1.37 bits per heavy atom. The highest BCUT2D eigenvalue weighted by molar-refractivity contribution is 5.68. The van der Waals surface area contributed by atoms with Crippen LogP contribution in [0.2, 0.25) is 0 Å². The van der Waals surface area contributed by atoms with E-state index < -0.39 is 18.2 Å². The average Bonchev–Trinajstić information content (AvgIpc) is 3.13. The number of ether oxygens (including phenoxy) is 1. The Labute approximate surface area is 161 Å². The highest BCUT2D eigenvalue weighted by Crippen LogP contribution is 2.49. The van der Waals surface area contributed by atoms with Crippen LogP contribution >= 0.6 is 0 Å². The summed E-state index contributed by atoms with van der Waals surface area (Å²) in [7, 11) is 0. The molecule has 2 saturated carbocycles. The van der Waals surface area contributed by atoms with Gasteiger partial charge in [-0.3, -0.25) is 0 Å². The van der Waals surface area contributed by atoms with Crippen molar-refractivity contribution in [1.82, 2.24) is 0 Å². The molecule has 5 heteroatoms. The van der Waals surface area contributed by atoms with Gasteiger partial charge in [0.05, 0.1) is 12.7 Å². The van der Waals surface area contributed by atoms with Gasteiger partial charge in [-0.15, -0.1) is 11.8 Å². The molecule has 2 aliphatic rings. The third kappa shape index (κ3) is 6.40. The van der Waals surface area contributed by atoms with Crippen molar-refractivity contribution in [3.05, 3.63) is 11.6 Å². The minimum absolute atomic E-state index is 0.0173. The van der Waals surface area contributed by atoms with Gasteiger partial charge in [0.1, 0.15) is 12.7 Å². The molecular formula is C22H30O5. The van der Waals surface area contributed by atoms with Crippen molar-refractivity contribution in [3.8, 4) is 23.7 Å². The van der Waals surface area contributed by atoms with E-state index in [9.17, 15) is 15.0 Å². The number of aliphatic hydroxyl groups excluding tert-OH is 2. The molecule has 0 spiro atoms. The van der Waals surface area contributed by atoms with E-state index in [2.05, 4.69) is 23.7 Å².